The normalized spacial score (nSPS) is 21.5. The smallest absolute Gasteiger partial charge is 0.216 e. The number of rotatable bonds is 5. The van der Waals surface area contributed by atoms with Crippen molar-refractivity contribution in [3.8, 4) is 0 Å². The summed E-state index contributed by atoms with van der Waals surface area (Å²) in [4.78, 5) is 0. The number of nitrogens with zero attached hydrogens (tertiary/aromatic N) is 5. The van der Waals surface area contributed by atoms with Crippen LogP contribution in [0.1, 0.15) is 25.5 Å². The number of sulfonamides is 1. The minimum absolute atomic E-state index is 0.00253. The zero-order valence-electron chi connectivity index (χ0n) is 12.6. The van der Waals surface area contributed by atoms with Crippen molar-refractivity contribution < 1.29 is 8.42 Å². The van der Waals surface area contributed by atoms with Gasteiger partial charge in [0.15, 0.2) is 0 Å². The van der Waals surface area contributed by atoms with E-state index < -0.39 is 10.0 Å². The van der Waals surface area contributed by atoms with Gasteiger partial charge in [-0.25, -0.2) is 13.1 Å². The van der Waals surface area contributed by atoms with Crippen LogP contribution in [-0.4, -0.2) is 45.2 Å². The van der Waals surface area contributed by atoms with E-state index in [1.807, 2.05) is 30.3 Å². The highest BCUT2D eigenvalue weighted by Crippen LogP contribution is 2.49. The Labute approximate surface area is 130 Å². The molecular formula is C14H19N5O2S. The van der Waals surface area contributed by atoms with Gasteiger partial charge in [0, 0.05) is 6.54 Å². The highest BCUT2D eigenvalue weighted by molar-refractivity contribution is 7.89. The van der Waals surface area contributed by atoms with Crippen molar-refractivity contribution in [1.29, 1.82) is 0 Å². The number of aromatic nitrogens is 4. The number of benzene rings is 1. The van der Waals surface area contributed by atoms with Crippen molar-refractivity contribution in [1.82, 2.24) is 24.5 Å². The second kappa shape index (κ2) is 5.44. The van der Waals surface area contributed by atoms with Crippen molar-refractivity contribution >= 4 is 10.0 Å². The Hall–Kier alpha value is -1.80. The summed E-state index contributed by atoms with van der Waals surface area (Å²) in [5.41, 5.74) is 0.966. The van der Waals surface area contributed by atoms with E-state index >= 15 is 0 Å². The molecule has 0 N–H and O–H groups in total. The van der Waals surface area contributed by atoms with Gasteiger partial charge in [-0.05, 0) is 21.4 Å². The first-order valence-corrected chi connectivity index (χ1v) is 8.76. The fourth-order valence-corrected chi connectivity index (χ4v) is 4.89. The summed E-state index contributed by atoms with van der Waals surface area (Å²) < 4.78 is 28.3. The van der Waals surface area contributed by atoms with Crippen molar-refractivity contribution in [2.45, 2.75) is 26.4 Å². The molecule has 1 aliphatic rings. The van der Waals surface area contributed by atoms with Crippen LogP contribution in [0.5, 0.6) is 0 Å². The molecule has 1 fully saturated rings. The van der Waals surface area contributed by atoms with Crippen LogP contribution in [0.15, 0.2) is 36.7 Å². The van der Waals surface area contributed by atoms with E-state index in [0.29, 0.717) is 6.54 Å². The molecule has 1 aliphatic heterocycles. The average Bonchev–Trinajstić information content (AvgIpc) is 2.97. The molecule has 0 radical (unpaired) electrons. The highest BCUT2D eigenvalue weighted by atomic mass is 32.2. The first-order chi connectivity index (χ1) is 10.4. The second-order valence-electron chi connectivity index (χ2n) is 6.24. The number of aryl methyl sites for hydroxylation is 1. The van der Waals surface area contributed by atoms with Crippen LogP contribution in [-0.2, 0) is 16.6 Å². The van der Waals surface area contributed by atoms with Crippen molar-refractivity contribution in [2.75, 3.05) is 12.3 Å². The average molecular weight is 321 g/mol. The second-order valence-corrected chi connectivity index (χ2v) is 8.28. The summed E-state index contributed by atoms with van der Waals surface area (Å²) in [6, 6.07) is 9.66. The van der Waals surface area contributed by atoms with Crippen molar-refractivity contribution in [3.63, 3.8) is 0 Å². The Morgan fingerprint density at radius 3 is 2.59 bits per heavy atom. The lowest BCUT2D eigenvalue weighted by atomic mass is 9.74. The van der Waals surface area contributed by atoms with Crippen LogP contribution >= 0.6 is 0 Å². The van der Waals surface area contributed by atoms with E-state index in [9.17, 15) is 8.42 Å². The van der Waals surface area contributed by atoms with Gasteiger partial charge in [0.05, 0.1) is 18.3 Å². The van der Waals surface area contributed by atoms with Crippen molar-refractivity contribution in [3.05, 3.63) is 42.2 Å². The van der Waals surface area contributed by atoms with Gasteiger partial charge < -0.3 is 0 Å². The molecule has 0 bridgehead atoms. The topological polar surface area (TPSA) is 81.0 Å². The number of hydrogen-bond acceptors (Lipinski definition) is 5. The Balaban J connectivity index is 1.78. The van der Waals surface area contributed by atoms with Crippen molar-refractivity contribution in [2.24, 2.45) is 5.41 Å². The summed E-state index contributed by atoms with van der Waals surface area (Å²) in [7, 11) is -3.35. The molecule has 1 unspecified atom stereocenters. The Morgan fingerprint density at radius 2 is 2.00 bits per heavy atom. The minimum atomic E-state index is -3.35. The van der Waals surface area contributed by atoms with E-state index in [2.05, 4.69) is 29.4 Å². The molecule has 1 atom stereocenters. The van der Waals surface area contributed by atoms with Crippen LogP contribution in [0.4, 0.5) is 0 Å². The summed E-state index contributed by atoms with van der Waals surface area (Å²) in [5.74, 6) is -0.00253. The summed E-state index contributed by atoms with van der Waals surface area (Å²) in [5, 5.41) is 10.7. The lowest BCUT2D eigenvalue weighted by Gasteiger charge is -2.53. The summed E-state index contributed by atoms with van der Waals surface area (Å²) in [6.07, 6.45) is 1.42. The fraction of sp³-hybridized carbons (Fsp3) is 0.500. The minimum Gasteiger partial charge on any atom is -0.231 e. The molecule has 1 aromatic carbocycles. The van der Waals surface area contributed by atoms with Gasteiger partial charge in [-0.1, -0.05) is 44.2 Å². The molecule has 0 saturated carbocycles. The third kappa shape index (κ3) is 2.76. The van der Waals surface area contributed by atoms with E-state index in [-0.39, 0.29) is 23.8 Å². The molecular weight excluding hydrogens is 302 g/mol. The van der Waals surface area contributed by atoms with Gasteiger partial charge in [-0.3, -0.25) is 0 Å². The monoisotopic (exact) mass is 321 g/mol. The molecule has 3 rings (SSSR count). The third-order valence-electron chi connectivity index (χ3n) is 4.03. The third-order valence-corrected chi connectivity index (χ3v) is 5.79. The quantitative estimate of drug-likeness (QED) is 0.823. The molecule has 2 heterocycles. The Morgan fingerprint density at radius 1 is 1.27 bits per heavy atom. The molecule has 0 aliphatic carbocycles. The Kier molecular flexibility index (Phi) is 3.73. The van der Waals surface area contributed by atoms with E-state index in [0.717, 1.165) is 5.56 Å². The molecule has 0 amide bonds. The number of hydrogen-bond donors (Lipinski definition) is 0. The van der Waals surface area contributed by atoms with Gasteiger partial charge in [0.2, 0.25) is 10.0 Å². The van der Waals surface area contributed by atoms with Gasteiger partial charge in [-0.2, -0.15) is 4.31 Å². The first-order valence-electron chi connectivity index (χ1n) is 7.15. The van der Waals surface area contributed by atoms with Crippen LogP contribution in [0.2, 0.25) is 0 Å². The zero-order valence-corrected chi connectivity index (χ0v) is 13.4. The fourth-order valence-electron chi connectivity index (χ4n) is 2.98. The van der Waals surface area contributed by atoms with Crippen LogP contribution < -0.4 is 0 Å². The van der Waals surface area contributed by atoms with Gasteiger partial charge in [0.1, 0.15) is 6.33 Å². The standard InChI is InChI=1S/C14H19N5O2S/c1-14(2)10-19(13(14)12-6-4-3-5-7-12)22(20,21)9-8-18-11-15-16-17-18/h3-7,11,13H,8-10H2,1-2H3. The molecule has 1 saturated heterocycles. The zero-order chi connectivity index (χ0) is 15.8. The maximum Gasteiger partial charge on any atom is 0.216 e. The molecule has 1 aromatic heterocycles. The van der Waals surface area contributed by atoms with Crippen LogP contribution in [0.3, 0.4) is 0 Å². The van der Waals surface area contributed by atoms with E-state index in [1.165, 1.54) is 11.0 Å². The molecule has 8 heteroatoms. The lowest BCUT2D eigenvalue weighted by molar-refractivity contribution is 0.0197. The maximum absolute atomic E-state index is 12.6. The summed E-state index contributed by atoms with van der Waals surface area (Å²) in [6.45, 7) is 4.98. The molecule has 22 heavy (non-hydrogen) atoms. The van der Waals surface area contributed by atoms with Gasteiger partial charge >= 0.3 is 0 Å². The molecule has 2 aromatic rings. The van der Waals surface area contributed by atoms with Gasteiger partial charge in [0.25, 0.3) is 0 Å². The first kappa shape index (κ1) is 15.1. The highest BCUT2D eigenvalue weighted by Gasteiger charge is 2.51. The number of tetrazole rings is 1. The molecule has 7 nitrogen and oxygen atoms in total. The van der Waals surface area contributed by atoms with Crippen LogP contribution in [0, 0.1) is 5.41 Å². The Bertz CT molecular complexity index is 728. The largest absolute Gasteiger partial charge is 0.231 e. The van der Waals surface area contributed by atoms with Crippen LogP contribution in [0.25, 0.3) is 0 Å². The maximum atomic E-state index is 12.6. The predicted molar refractivity (Wildman–Crippen MR) is 81.3 cm³/mol. The SMILES string of the molecule is CC1(C)CN(S(=O)(=O)CCn2cnnn2)C1c1ccccc1. The summed E-state index contributed by atoms with van der Waals surface area (Å²) >= 11 is 0. The lowest BCUT2D eigenvalue weighted by Crippen LogP contribution is -2.58. The van der Waals surface area contributed by atoms with Gasteiger partial charge in [-0.15, -0.1) is 5.10 Å². The predicted octanol–water partition coefficient (Wildman–Crippen LogP) is 1.09. The molecule has 0 spiro atoms. The van der Waals surface area contributed by atoms with E-state index in [1.54, 1.807) is 4.31 Å². The van der Waals surface area contributed by atoms with E-state index in [4.69, 9.17) is 0 Å². The molecule has 118 valence electrons.